The van der Waals surface area contributed by atoms with Gasteiger partial charge in [-0.15, -0.1) is 0 Å². The van der Waals surface area contributed by atoms with Crippen LogP contribution in [0.3, 0.4) is 0 Å². The van der Waals surface area contributed by atoms with Gasteiger partial charge in [-0.2, -0.15) is 8.78 Å². The number of benzene rings is 1. The van der Waals surface area contributed by atoms with Gasteiger partial charge in [0.15, 0.2) is 0 Å². The summed E-state index contributed by atoms with van der Waals surface area (Å²) in [6, 6.07) is 5.49. The second-order valence-electron chi connectivity index (χ2n) is 4.52. The van der Waals surface area contributed by atoms with Gasteiger partial charge in [0.2, 0.25) is 9.84 Å². The summed E-state index contributed by atoms with van der Waals surface area (Å²) in [7, 11) is 1.26. The van der Waals surface area contributed by atoms with Crippen molar-refractivity contribution in [2.24, 2.45) is 0 Å². The molecule has 1 aromatic rings. The maximum Gasteiger partial charge on any atom is 0.341 e. The second kappa shape index (κ2) is 6.29. The number of alkyl halides is 2. The van der Waals surface area contributed by atoms with E-state index in [2.05, 4.69) is 0 Å². The molecule has 0 saturated carbocycles. The number of hydrogen-bond donors (Lipinski definition) is 0. The van der Waals surface area contributed by atoms with Crippen LogP contribution in [0.4, 0.5) is 14.5 Å². The number of halogens is 2. The molecule has 0 unspecified atom stereocenters. The van der Waals surface area contributed by atoms with Gasteiger partial charge in [0.05, 0.1) is 4.90 Å². The Labute approximate surface area is 112 Å². The largest absolute Gasteiger partial charge is 0.373 e. The molecule has 0 radical (unpaired) electrons. The predicted molar refractivity (Wildman–Crippen MR) is 71.5 cm³/mol. The molecule has 4 nitrogen and oxygen atoms in total. The molecule has 7 heteroatoms. The molecule has 0 spiro atoms. The first kappa shape index (κ1) is 15.8. The summed E-state index contributed by atoms with van der Waals surface area (Å²) in [5.74, 6) is -3.38. The summed E-state index contributed by atoms with van der Waals surface area (Å²) in [6.07, 6.45) is 0. The molecule has 1 rings (SSSR count). The lowest BCUT2D eigenvalue weighted by Crippen LogP contribution is -2.28. The zero-order valence-electron chi connectivity index (χ0n) is 11.2. The maximum atomic E-state index is 12.4. The van der Waals surface area contributed by atoms with Gasteiger partial charge in [-0.3, -0.25) is 0 Å². The van der Waals surface area contributed by atoms with Crippen LogP contribution in [0.15, 0.2) is 29.2 Å². The van der Waals surface area contributed by atoms with Crippen molar-refractivity contribution in [3.8, 4) is 0 Å². The van der Waals surface area contributed by atoms with Crippen LogP contribution in [0.1, 0.15) is 0 Å². The third-order valence-corrected chi connectivity index (χ3v) is 4.12. The highest BCUT2D eigenvalue weighted by Crippen LogP contribution is 2.21. The Morgan fingerprint density at radius 1 is 1.05 bits per heavy atom. The Balaban J connectivity index is 2.82. The quantitative estimate of drug-likeness (QED) is 0.800. The summed E-state index contributed by atoms with van der Waals surface area (Å²) >= 11 is 0. The topological polar surface area (TPSA) is 40.6 Å². The smallest absolute Gasteiger partial charge is 0.341 e. The van der Waals surface area contributed by atoms with Crippen molar-refractivity contribution in [2.75, 3.05) is 39.1 Å². The van der Waals surface area contributed by atoms with E-state index < -0.39 is 15.6 Å². The molecule has 0 saturated heterocycles. The van der Waals surface area contributed by atoms with Crippen LogP contribution in [0.5, 0.6) is 0 Å². The second-order valence-corrected chi connectivity index (χ2v) is 6.44. The molecule has 0 fully saturated rings. The Hall–Kier alpha value is -1.21. The lowest BCUT2D eigenvalue weighted by molar-refractivity contribution is 0.234. The first-order valence-corrected chi connectivity index (χ1v) is 7.27. The molecule has 1 aromatic carbocycles. The van der Waals surface area contributed by atoms with Crippen LogP contribution in [0, 0.1) is 0 Å². The van der Waals surface area contributed by atoms with E-state index in [4.69, 9.17) is 0 Å². The molecule has 0 N–H and O–H groups in total. The number of sulfone groups is 1. The monoisotopic (exact) mass is 292 g/mol. The Morgan fingerprint density at radius 2 is 1.58 bits per heavy atom. The van der Waals surface area contributed by atoms with Gasteiger partial charge < -0.3 is 9.80 Å². The van der Waals surface area contributed by atoms with Crippen LogP contribution in [-0.4, -0.2) is 53.3 Å². The van der Waals surface area contributed by atoms with E-state index in [9.17, 15) is 17.2 Å². The SMILES string of the molecule is CN(C)CCN(C)c1ccc(S(=O)(=O)C(F)F)cc1. The zero-order valence-corrected chi connectivity index (χ0v) is 12.0. The molecule has 0 aliphatic carbocycles. The molecule has 0 heterocycles. The van der Waals surface area contributed by atoms with E-state index in [0.717, 1.165) is 18.8 Å². The predicted octanol–water partition coefficient (Wildman–Crippen LogP) is 1.68. The number of likely N-dealkylation sites (N-methyl/N-ethyl adjacent to an activating group) is 2. The first-order valence-electron chi connectivity index (χ1n) is 5.73. The number of hydrogen-bond acceptors (Lipinski definition) is 4. The van der Waals surface area contributed by atoms with Gasteiger partial charge in [0.1, 0.15) is 0 Å². The highest BCUT2D eigenvalue weighted by Gasteiger charge is 2.26. The van der Waals surface area contributed by atoms with Crippen molar-refractivity contribution >= 4 is 15.5 Å². The molecule has 108 valence electrons. The molecular weight excluding hydrogens is 274 g/mol. The summed E-state index contributed by atoms with van der Waals surface area (Å²) < 4.78 is 47.2. The molecule has 0 aromatic heterocycles. The van der Waals surface area contributed by atoms with Crippen molar-refractivity contribution in [1.29, 1.82) is 0 Å². The van der Waals surface area contributed by atoms with Gasteiger partial charge in [-0.1, -0.05) is 0 Å². The average molecular weight is 292 g/mol. The zero-order chi connectivity index (χ0) is 14.6. The molecule has 0 aliphatic rings. The summed E-state index contributed by atoms with van der Waals surface area (Å²) in [6.45, 7) is 1.60. The number of nitrogens with zero attached hydrogens (tertiary/aromatic N) is 2. The van der Waals surface area contributed by atoms with E-state index in [1.165, 1.54) is 24.3 Å². The number of rotatable bonds is 6. The highest BCUT2D eigenvalue weighted by molar-refractivity contribution is 7.91. The third-order valence-electron chi connectivity index (χ3n) is 2.72. The fourth-order valence-corrected chi connectivity index (χ4v) is 2.19. The summed E-state index contributed by atoms with van der Waals surface area (Å²) in [4.78, 5) is 3.59. The third kappa shape index (κ3) is 4.14. The van der Waals surface area contributed by atoms with Crippen LogP contribution in [0.2, 0.25) is 0 Å². The van der Waals surface area contributed by atoms with Crippen molar-refractivity contribution in [2.45, 2.75) is 10.7 Å². The molecular formula is C12H18F2N2O2S. The maximum absolute atomic E-state index is 12.4. The Bertz CT molecular complexity index is 501. The summed E-state index contributed by atoms with van der Waals surface area (Å²) in [5, 5.41) is 0. The molecule has 0 bridgehead atoms. The van der Waals surface area contributed by atoms with Crippen molar-refractivity contribution < 1.29 is 17.2 Å². The van der Waals surface area contributed by atoms with Crippen LogP contribution >= 0.6 is 0 Å². The van der Waals surface area contributed by atoms with E-state index >= 15 is 0 Å². The lowest BCUT2D eigenvalue weighted by atomic mass is 10.3. The summed E-state index contributed by atoms with van der Waals surface area (Å²) in [5.41, 5.74) is 0.787. The minimum atomic E-state index is -4.51. The normalized spacial score (nSPS) is 12.2. The molecule has 0 atom stereocenters. The van der Waals surface area contributed by atoms with E-state index in [1.807, 2.05) is 30.9 Å². The molecule has 0 aliphatic heterocycles. The average Bonchev–Trinajstić information content (AvgIpc) is 2.35. The van der Waals surface area contributed by atoms with Crippen molar-refractivity contribution in [3.63, 3.8) is 0 Å². The lowest BCUT2D eigenvalue weighted by Gasteiger charge is -2.21. The fraction of sp³-hybridized carbons (Fsp3) is 0.500. The van der Waals surface area contributed by atoms with E-state index in [1.54, 1.807) is 0 Å². The van der Waals surface area contributed by atoms with Crippen molar-refractivity contribution in [3.05, 3.63) is 24.3 Å². The minimum absolute atomic E-state index is 0.354. The number of anilines is 1. The van der Waals surface area contributed by atoms with Crippen LogP contribution in [0.25, 0.3) is 0 Å². The molecule has 0 amide bonds. The van der Waals surface area contributed by atoms with Gasteiger partial charge in [-0.25, -0.2) is 8.42 Å². The Morgan fingerprint density at radius 3 is 2.00 bits per heavy atom. The van der Waals surface area contributed by atoms with E-state index in [0.29, 0.717) is 0 Å². The van der Waals surface area contributed by atoms with Crippen molar-refractivity contribution in [1.82, 2.24) is 4.90 Å². The van der Waals surface area contributed by atoms with Gasteiger partial charge in [0.25, 0.3) is 0 Å². The fourth-order valence-electron chi connectivity index (χ4n) is 1.47. The highest BCUT2D eigenvalue weighted by atomic mass is 32.2. The van der Waals surface area contributed by atoms with Gasteiger partial charge >= 0.3 is 5.76 Å². The van der Waals surface area contributed by atoms with Gasteiger partial charge in [-0.05, 0) is 38.4 Å². The van der Waals surface area contributed by atoms with Crippen LogP contribution in [-0.2, 0) is 9.84 Å². The first-order chi connectivity index (χ1) is 8.75. The van der Waals surface area contributed by atoms with Gasteiger partial charge in [0, 0.05) is 25.8 Å². The van der Waals surface area contributed by atoms with Crippen LogP contribution < -0.4 is 4.90 Å². The Kier molecular flexibility index (Phi) is 5.25. The standard InChI is InChI=1S/C12H18F2N2O2S/c1-15(2)8-9-16(3)10-4-6-11(7-5-10)19(17,18)12(13)14/h4-7,12H,8-9H2,1-3H3. The molecule has 19 heavy (non-hydrogen) atoms. The van der Waals surface area contributed by atoms with E-state index in [-0.39, 0.29) is 4.90 Å². The minimum Gasteiger partial charge on any atom is -0.373 e.